The molecule has 0 aliphatic carbocycles. The first-order valence-electron chi connectivity index (χ1n) is 16.1. The number of hydrogen-bond acceptors (Lipinski definition) is 7. The number of rotatable bonds is 10. The smallest absolute Gasteiger partial charge is 0.307 e. The Bertz CT molecular complexity index is 2110. The Labute approximate surface area is 306 Å². The molecule has 4 aromatic carbocycles. The molecular formula is C38H32Cl2N2O8S. The van der Waals surface area contributed by atoms with E-state index in [0.717, 1.165) is 44.0 Å². The Morgan fingerprint density at radius 3 is 1.39 bits per heavy atom. The number of carboxylic acid groups (broad SMARTS) is 2. The van der Waals surface area contributed by atoms with Crippen LogP contribution in [-0.2, 0) is 22.4 Å². The molecule has 0 radical (unpaired) electrons. The maximum absolute atomic E-state index is 14.6. The normalized spacial score (nSPS) is 16.4. The molecule has 3 heterocycles. The number of carboxylic acids is 2. The van der Waals surface area contributed by atoms with E-state index < -0.39 is 23.8 Å². The molecule has 2 aliphatic heterocycles. The maximum Gasteiger partial charge on any atom is 0.307 e. The minimum atomic E-state index is -0.999. The fourth-order valence-electron chi connectivity index (χ4n) is 7.59. The molecule has 2 aliphatic rings. The minimum Gasteiger partial charge on any atom is -0.491 e. The molecule has 51 heavy (non-hydrogen) atoms. The zero-order chi connectivity index (χ0) is 36.1. The van der Waals surface area contributed by atoms with E-state index in [0.29, 0.717) is 22.5 Å². The zero-order valence-electron chi connectivity index (χ0n) is 27.6. The summed E-state index contributed by atoms with van der Waals surface area (Å²) in [6, 6.07) is 18.5. The number of methoxy groups -OCH3 is 2. The highest BCUT2D eigenvalue weighted by molar-refractivity contribution is 7.17. The number of ether oxygens (including phenoxy) is 2. The standard InChI is InChI=1S/C38H32Cl2N2O8S/c1-49-33-34(50-2)36(38(48)42-18-22(16-40)32-26-10-6-4-8-24(26)20(12-28(32)42)14-30(45)46)51-35(33)37(47)41-17-21(15-39)31-25-9-5-3-7-23(25)19(11-27(31)41)13-29(43)44/h3-12,21-22H,13-18H2,1-2H3,(H,43,44)(H,45,46)/t21-,22-/m1/s1. The molecule has 0 spiro atoms. The van der Waals surface area contributed by atoms with Crippen LogP contribution in [0.25, 0.3) is 21.5 Å². The average molecular weight is 748 g/mol. The number of alkyl halides is 2. The van der Waals surface area contributed by atoms with E-state index in [9.17, 15) is 29.4 Å². The molecule has 1 aromatic heterocycles. The van der Waals surface area contributed by atoms with Crippen LogP contribution in [0, 0.1) is 0 Å². The zero-order valence-corrected chi connectivity index (χ0v) is 29.9. The summed E-state index contributed by atoms with van der Waals surface area (Å²) < 4.78 is 11.5. The van der Waals surface area contributed by atoms with Gasteiger partial charge in [0.05, 0.1) is 27.1 Å². The molecule has 5 aromatic rings. The molecular weight excluding hydrogens is 715 g/mol. The third kappa shape index (κ3) is 5.73. The van der Waals surface area contributed by atoms with Crippen molar-refractivity contribution >= 4 is 91.2 Å². The van der Waals surface area contributed by atoms with E-state index >= 15 is 0 Å². The summed E-state index contributed by atoms with van der Waals surface area (Å²) in [5.41, 5.74) is 3.94. The van der Waals surface area contributed by atoms with E-state index in [2.05, 4.69) is 0 Å². The lowest BCUT2D eigenvalue weighted by Gasteiger charge is -2.19. The third-order valence-electron chi connectivity index (χ3n) is 9.67. The SMILES string of the molecule is COc1c(C(=O)N2C[C@@H](CCl)c3c2cc(CC(=O)O)c2ccccc32)sc(C(=O)N2C[C@@H](CCl)c3c2cc(CC(=O)O)c2ccccc32)c1OC. The highest BCUT2D eigenvalue weighted by atomic mass is 35.5. The maximum atomic E-state index is 14.6. The van der Waals surface area contributed by atoms with Crippen LogP contribution in [0.1, 0.15) is 53.4 Å². The predicted molar refractivity (Wildman–Crippen MR) is 198 cm³/mol. The number of fused-ring (bicyclic) bond motifs is 6. The van der Waals surface area contributed by atoms with Crippen molar-refractivity contribution in [2.24, 2.45) is 0 Å². The summed E-state index contributed by atoms with van der Waals surface area (Å²) in [7, 11) is 2.79. The number of anilines is 2. The monoisotopic (exact) mass is 746 g/mol. The van der Waals surface area contributed by atoms with Gasteiger partial charge < -0.3 is 29.5 Å². The lowest BCUT2D eigenvalue weighted by atomic mass is 9.92. The van der Waals surface area contributed by atoms with E-state index in [-0.39, 0.29) is 70.8 Å². The second-order valence-corrected chi connectivity index (χ2v) is 14.2. The number of thiophene rings is 1. The first-order chi connectivity index (χ1) is 24.6. The van der Waals surface area contributed by atoms with Gasteiger partial charge in [-0.15, -0.1) is 34.5 Å². The van der Waals surface area contributed by atoms with Crippen LogP contribution in [0.15, 0.2) is 60.7 Å². The van der Waals surface area contributed by atoms with Crippen LogP contribution in [0.2, 0.25) is 0 Å². The molecule has 0 bridgehead atoms. The lowest BCUT2D eigenvalue weighted by Crippen LogP contribution is -2.30. The molecule has 7 rings (SSSR count). The van der Waals surface area contributed by atoms with Crippen molar-refractivity contribution in [1.82, 2.24) is 0 Å². The number of amides is 2. The number of carbonyl (C=O) groups excluding carboxylic acids is 2. The van der Waals surface area contributed by atoms with Crippen LogP contribution >= 0.6 is 34.5 Å². The first kappa shape index (κ1) is 34.6. The molecule has 2 atom stereocenters. The van der Waals surface area contributed by atoms with Crippen LogP contribution in [0.4, 0.5) is 11.4 Å². The van der Waals surface area contributed by atoms with Gasteiger partial charge >= 0.3 is 11.9 Å². The largest absolute Gasteiger partial charge is 0.491 e. The number of aliphatic carboxylic acids is 2. The van der Waals surface area contributed by atoms with Gasteiger partial charge in [0.25, 0.3) is 11.8 Å². The fourth-order valence-corrected chi connectivity index (χ4v) is 9.23. The average Bonchev–Trinajstić information content (AvgIpc) is 3.82. The summed E-state index contributed by atoms with van der Waals surface area (Å²) in [6.45, 7) is 0.475. The second-order valence-electron chi connectivity index (χ2n) is 12.5. The molecule has 0 fully saturated rings. The Hall–Kier alpha value is -4.84. The molecule has 13 heteroatoms. The van der Waals surface area contributed by atoms with Gasteiger partial charge in [-0.05, 0) is 55.9 Å². The second kappa shape index (κ2) is 13.7. The number of carbonyl (C=O) groups is 4. The summed E-state index contributed by atoms with van der Waals surface area (Å²) >= 11 is 13.9. The van der Waals surface area contributed by atoms with Gasteiger partial charge in [-0.25, -0.2) is 0 Å². The number of benzene rings is 4. The van der Waals surface area contributed by atoms with Gasteiger partial charge in [0.2, 0.25) is 0 Å². The molecule has 2 N–H and O–H groups in total. The quantitative estimate of drug-likeness (QED) is 0.142. The highest BCUT2D eigenvalue weighted by Crippen LogP contribution is 2.50. The van der Waals surface area contributed by atoms with E-state index in [4.69, 9.17) is 32.7 Å². The third-order valence-corrected chi connectivity index (χ3v) is 11.5. The van der Waals surface area contributed by atoms with Crippen LogP contribution in [0.3, 0.4) is 0 Å². The van der Waals surface area contributed by atoms with Gasteiger partial charge in [-0.1, -0.05) is 48.5 Å². The van der Waals surface area contributed by atoms with Crippen molar-refractivity contribution in [2.75, 3.05) is 48.9 Å². The van der Waals surface area contributed by atoms with Gasteiger partial charge in [0, 0.05) is 48.1 Å². The van der Waals surface area contributed by atoms with Gasteiger partial charge in [0.15, 0.2) is 11.5 Å². The van der Waals surface area contributed by atoms with Crippen LogP contribution in [-0.4, -0.2) is 73.0 Å². The predicted octanol–water partition coefficient (Wildman–Crippen LogP) is 7.29. The Morgan fingerprint density at radius 1 is 0.686 bits per heavy atom. The first-order valence-corrected chi connectivity index (χ1v) is 18.0. The van der Waals surface area contributed by atoms with Crippen LogP contribution in [0.5, 0.6) is 11.5 Å². The molecule has 262 valence electrons. The van der Waals surface area contributed by atoms with Crippen molar-refractivity contribution in [2.45, 2.75) is 24.7 Å². The summed E-state index contributed by atoms with van der Waals surface area (Å²) in [4.78, 5) is 56.3. The highest BCUT2D eigenvalue weighted by Gasteiger charge is 2.41. The minimum absolute atomic E-state index is 0.0941. The van der Waals surface area contributed by atoms with E-state index in [1.54, 1.807) is 21.9 Å². The van der Waals surface area contributed by atoms with Crippen molar-refractivity contribution in [1.29, 1.82) is 0 Å². The molecule has 0 unspecified atom stereocenters. The van der Waals surface area contributed by atoms with Crippen molar-refractivity contribution in [3.05, 3.63) is 92.7 Å². The Balaban J connectivity index is 1.33. The molecule has 2 amide bonds. The van der Waals surface area contributed by atoms with E-state index in [1.807, 2.05) is 48.5 Å². The number of nitrogens with zero attached hydrogens (tertiary/aromatic N) is 2. The summed E-state index contributed by atoms with van der Waals surface area (Å²) in [5.74, 6) is -2.72. The topological polar surface area (TPSA) is 134 Å². The van der Waals surface area contributed by atoms with Crippen molar-refractivity contribution in [3.8, 4) is 11.5 Å². The van der Waals surface area contributed by atoms with Crippen molar-refractivity contribution < 1.29 is 38.9 Å². The van der Waals surface area contributed by atoms with E-state index in [1.165, 1.54) is 14.2 Å². The van der Waals surface area contributed by atoms with Crippen LogP contribution < -0.4 is 19.3 Å². The summed E-state index contributed by atoms with van der Waals surface area (Å²) in [6.07, 6.45) is -0.472. The molecule has 0 saturated carbocycles. The molecule has 0 saturated heterocycles. The number of hydrogen-bond donors (Lipinski definition) is 2. The number of halogens is 2. The molecule has 10 nitrogen and oxygen atoms in total. The fraction of sp³-hybridized carbons (Fsp3) is 0.263. The van der Waals surface area contributed by atoms with Crippen molar-refractivity contribution in [3.63, 3.8) is 0 Å². The Morgan fingerprint density at radius 2 is 1.06 bits per heavy atom. The lowest BCUT2D eigenvalue weighted by molar-refractivity contribution is -0.137. The van der Waals surface area contributed by atoms with Gasteiger partial charge in [-0.2, -0.15) is 0 Å². The summed E-state index contributed by atoms with van der Waals surface area (Å²) in [5, 5.41) is 22.6. The van der Waals surface area contributed by atoms with Gasteiger partial charge in [-0.3, -0.25) is 19.2 Å². The van der Waals surface area contributed by atoms with Gasteiger partial charge in [0.1, 0.15) is 9.75 Å². The Kier molecular flexibility index (Phi) is 9.30.